The van der Waals surface area contributed by atoms with Crippen molar-refractivity contribution in [3.05, 3.63) is 98.7 Å². The molecule has 0 bridgehead atoms. The summed E-state index contributed by atoms with van der Waals surface area (Å²) in [5.74, 6) is -1.20. The molecule has 0 saturated heterocycles. The van der Waals surface area contributed by atoms with E-state index in [-0.39, 0.29) is 16.0 Å². The summed E-state index contributed by atoms with van der Waals surface area (Å²) < 4.78 is 5.86. The van der Waals surface area contributed by atoms with E-state index in [0.29, 0.717) is 33.5 Å². The fourth-order valence-electron chi connectivity index (χ4n) is 3.17. The molecule has 0 spiro atoms. The van der Waals surface area contributed by atoms with E-state index < -0.39 is 11.9 Å². The van der Waals surface area contributed by atoms with Crippen molar-refractivity contribution in [3.63, 3.8) is 0 Å². The minimum absolute atomic E-state index is 0.0851. The molecule has 2 N–H and O–H groups in total. The van der Waals surface area contributed by atoms with Gasteiger partial charge < -0.3 is 14.8 Å². The molecule has 0 radical (unpaired) electrons. The number of fused-ring (bicyclic) bond motifs is 1. The SMILES string of the molecule is Cc1ccc2oc(-c3ccc(C(=O)Nc4ccc(Cl)c(C(=O)O)c4)cc3)cc(=O)c2c1. The fraction of sp³-hybridized carbons (Fsp3) is 0.0417. The first-order chi connectivity index (χ1) is 14.8. The molecule has 0 unspecified atom stereocenters. The van der Waals surface area contributed by atoms with Gasteiger partial charge in [-0.1, -0.05) is 35.4 Å². The first-order valence-electron chi connectivity index (χ1n) is 9.31. The third-order valence-electron chi connectivity index (χ3n) is 4.77. The normalized spacial score (nSPS) is 10.8. The van der Waals surface area contributed by atoms with Crippen molar-refractivity contribution in [1.29, 1.82) is 0 Å². The van der Waals surface area contributed by atoms with Crippen LogP contribution < -0.4 is 10.7 Å². The quantitative estimate of drug-likeness (QED) is 0.451. The van der Waals surface area contributed by atoms with Crippen LogP contribution in [0.5, 0.6) is 0 Å². The van der Waals surface area contributed by atoms with Crippen LogP contribution in [0.2, 0.25) is 5.02 Å². The van der Waals surface area contributed by atoms with E-state index in [1.54, 1.807) is 36.4 Å². The van der Waals surface area contributed by atoms with Crippen molar-refractivity contribution in [3.8, 4) is 11.3 Å². The average Bonchev–Trinajstić information content (AvgIpc) is 2.75. The van der Waals surface area contributed by atoms with Crippen molar-refractivity contribution in [2.45, 2.75) is 6.92 Å². The molecule has 7 heteroatoms. The topological polar surface area (TPSA) is 96.6 Å². The number of carbonyl (C=O) groups excluding carboxylic acids is 1. The van der Waals surface area contributed by atoms with Gasteiger partial charge in [0.2, 0.25) is 0 Å². The van der Waals surface area contributed by atoms with E-state index in [1.165, 1.54) is 24.3 Å². The summed E-state index contributed by atoms with van der Waals surface area (Å²) in [6, 6.07) is 17.6. The predicted molar refractivity (Wildman–Crippen MR) is 119 cm³/mol. The van der Waals surface area contributed by atoms with Crippen LogP contribution in [0.15, 0.2) is 75.9 Å². The number of aromatic carboxylic acids is 1. The highest BCUT2D eigenvalue weighted by Crippen LogP contribution is 2.24. The maximum Gasteiger partial charge on any atom is 0.337 e. The lowest BCUT2D eigenvalue weighted by atomic mass is 10.1. The zero-order valence-electron chi connectivity index (χ0n) is 16.3. The van der Waals surface area contributed by atoms with Gasteiger partial charge in [-0.3, -0.25) is 9.59 Å². The number of halogens is 1. The fourth-order valence-corrected chi connectivity index (χ4v) is 3.37. The molecule has 4 aromatic rings. The number of rotatable bonds is 4. The summed E-state index contributed by atoms with van der Waals surface area (Å²) in [6.07, 6.45) is 0. The van der Waals surface area contributed by atoms with E-state index in [4.69, 9.17) is 21.1 Å². The van der Waals surface area contributed by atoms with Gasteiger partial charge in [0, 0.05) is 22.9 Å². The number of carboxylic acids is 1. The number of amides is 1. The zero-order chi connectivity index (χ0) is 22.1. The Hall–Kier alpha value is -3.90. The molecule has 1 amide bonds. The molecule has 1 aromatic heterocycles. The number of aryl methyl sites for hydroxylation is 1. The summed E-state index contributed by atoms with van der Waals surface area (Å²) >= 11 is 5.85. The van der Waals surface area contributed by atoms with Crippen LogP contribution in [0.3, 0.4) is 0 Å². The average molecular weight is 434 g/mol. The molecule has 0 saturated carbocycles. The van der Waals surface area contributed by atoms with Gasteiger partial charge in [0.25, 0.3) is 5.91 Å². The van der Waals surface area contributed by atoms with Crippen LogP contribution in [0.1, 0.15) is 26.3 Å². The number of nitrogens with one attached hydrogen (secondary N) is 1. The highest BCUT2D eigenvalue weighted by molar-refractivity contribution is 6.33. The van der Waals surface area contributed by atoms with Gasteiger partial charge in [-0.15, -0.1) is 0 Å². The van der Waals surface area contributed by atoms with Gasteiger partial charge >= 0.3 is 5.97 Å². The van der Waals surface area contributed by atoms with Crippen molar-refractivity contribution in [2.24, 2.45) is 0 Å². The molecule has 0 atom stereocenters. The van der Waals surface area contributed by atoms with E-state index in [1.807, 2.05) is 13.0 Å². The van der Waals surface area contributed by atoms with E-state index in [9.17, 15) is 14.4 Å². The number of carboxylic acid groups (broad SMARTS) is 1. The number of anilines is 1. The maximum absolute atomic E-state index is 12.5. The van der Waals surface area contributed by atoms with Gasteiger partial charge in [-0.25, -0.2) is 4.79 Å². The highest BCUT2D eigenvalue weighted by atomic mass is 35.5. The van der Waals surface area contributed by atoms with Gasteiger partial charge in [-0.05, 0) is 49.4 Å². The Kier molecular flexibility index (Phi) is 5.31. The lowest BCUT2D eigenvalue weighted by Crippen LogP contribution is -2.12. The first-order valence-corrected chi connectivity index (χ1v) is 9.69. The van der Waals surface area contributed by atoms with Crippen molar-refractivity contribution in [1.82, 2.24) is 0 Å². The standard InChI is InChI=1S/C24H16ClNO5/c1-13-2-9-21-18(10-13)20(27)12-22(31-21)14-3-5-15(6-4-14)23(28)26-16-7-8-19(25)17(11-16)24(29)30/h2-12H,1H3,(H,26,28)(H,29,30). The Bertz CT molecular complexity index is 1390. The lowest BCUT2D eigenvalue weighted by molar-refractivity contribution is 0.0696. The second kappa shape index (κ2) is 8.08. The Morgan fingerprint density at radius 1 is 0.968 bits per heavy atom. The summed E-state index contributed by atoms with van der Waals surface area (Å²) in [7, 11) is 0. The molecular formula is C24H16ClNO5. The van der Waals surface area contributed by atoms with E-state index >= 15 is 0 Å². The van der Waals surface area contributed by atoms with E-state index in [0.717, 1.165) is 5.56 Å². The molecule has 0 aliphatic carbocycles. The monoisotopic (exact) mass is 433 g/mol. The third-order valence-corrected chi connectivity index (χ3v) is 5.10. The van der Waals surface area contributed by atoms with Gasteiger partial charge in [0.05, 0.1) is 16.0 Å². The molecule has 3 aromatic carbocycles. The van der Waals surface area contributed by atoms with Crippen LogP contribution in [-0.4, -0.2) is 17.0 Å². The first kappa shape index (κ1) is 20.4. The zero-order valence-corrected chi connectivity index (χ0v) is 17.1. The number of benzene rings is 3. The molecule has 1 heterocycles. The Morgan fingerprint density at radius 2 is 1.71 bits per heavy atom. The summed E-state index contributed by atoms with van der Waals surface area (Å²) in [4.78, 5) is 36.1. The minimum Gasteiger partial charge on any atom is -0.478 e. The second-order valence-electron chi connectivity index (χ2n) is 7.01. The van der Waals surface area contributed by atoms with Crippen LogP contribution in [0.4, 0.5) is 5.69 Å². The number of hydrogen-bond donors (Lipinski definition) is 2. The summed E-state index contributed by atoms with van der Waals surface area (Å²) in [6.45, 7) is 1.91. The molecule has 0 aliphatic heterocycles. The number of hydrogen-bond acceptors (Lipinski definition) is 4. The van der Waals surface area contributed by atoms with Gasteiger partial charge in [0.15, 0.2) is 5.43 Å². The van der Waals surface area contributed by atoms with Crippen LogP contribution >= 0.6 is 11.6 Å². The molecule has 6 nitrogen and oxygen atoms in total. The predicted octanol–water partition coefficient (Wildman–Crippen LogP) is 5.37. The third kappa shape index (κ3) is 4.20. The lowest BCUT2D eigenvalue weighted by Gasteiger charge is -2.08. The largest absolute Gasteiger partial charge is 0.478 e. The van der Waals surface area contributed by atoms with E-state index in [2.05, 4.69) is 5.32 Å². The molecular weight excluding hydrogens is 418 g/mol. The molecule has 154 valence electrons. The Labute approximate surface area is 181 Å². The van der Waals surface area contributed by atoms with Crippen LogP contribution in [0, 0.1) is 6.92 Å². The van der Waals surface area contributed by atoms with Gasteiger partial charge in [-0.2, -0.15) is 0 Å². The smallest absolute Gasteiger partial charge is 0.337 e. The Balaban J connectivity index is 1.58. The minimum atomic E-state index is -1.18. The Morgan fingerprint density at radius 3 is 2.42 bits per heavy atom. The summed E-state index contributed by atoms with van der Waals surface area (Å²) in [5.41, 5.74) is 2.54. The molecule has 0 aliphatic rings. The molecule has 0 fully saturated rings. The maximum atomic E-state index is 12.5. The molecule has 4 rings (SSSR count). The van der Waals surface area contributed by atoms with Crippen LogP contribution in [-0.2, 0) is 0 Å². The van der Waals surface area contributed by atoms with Crippen LogP contribution in [0.25, 0.3) is 22.3 Å². The summed E-state index contributed by atoms with van der Waals surface area (Å²) in [5, 5.41) is 12.4. The number of carbonyl (C=O) groups is 2. The highest BCUT2D eigenvalue weighted by Gasteiger charge is 2.13. The second-order valence-corrected chi connectivity index (χ2v) is 7.41. The van der Waals surface area contributed by atoms with Crippen molar-refractivity contribution < 1.29 is 19.1 Å². The molecule has 31 heavy (non-hydrogen) atoms. The van der Waals surface area contributed by atoms with Crippen molar-refractivity contribution >= 4 is 40.1 Å². The van der Waals surface area contributed by atoms with Crippen molar-refractivity contribution in [2.75, 3.05) is 5.32 Å². The van der Waals surface area contributed by atoms with Gasteiger partial charge in [0.1, 0.15) is 11.3 Å².